The molecule has 9 aromatic rings. The number of fused-ring (bicyclic) bond motifs is 6. The Hall–Kier alpha value is -6.70. The first kappa shape index (κ1) is 32.0. The molecule has 1 aliphatic carbocycles. The van der Waals surface area contributed by atoms with Gasteiger partial charge in [0.05, 0.1) is 5.69 Å². The molecule has 10 rings (SSSR count). The van der Waals surface area contributed by atoms with Crippen LogP contribution in [0.5, 0.6) is 0 Å². The predicted molar refractivity (Wildman–Crippen MR) is 230 cm³/mol. The molecule has 0 aromatic heterocycles. The summed E-state index contributed by atoms with van der Waals surface area (Å²) in [5.41, 5.74) is 16.1. The van der Waals surface area contributed by atoms with Crippen LogP contribution >= 0.6 is 0 Å². The maximum atomic E-state index is 2.43. The van der Waals surface area contributed by atoms with Crippen molar-refractivity contribution >= 4 is 38.6 Å². The summed E-state index contributed by atoms with van der Waals surface area (Å²) in [5.74, 6) is 0. The number of rotatable bonds is 6. The van der Waals surface area contributed by atoms with Gasteiger partial charge >= 0.3 is 0 Å². The van der Waals surface area contributed by atoms with Crippen LogP contribution in [0.3, 0.4) is 0 Å². The van der Waals surface area contributed by atoms with Crippen molar-refractivity contribution in [2.24, 2.45) is 0 Å². The molecule has 54 heavy (non-hydrogen) atoms. The number of nitrogens with zero attached hydrogens (tertiary/aromatic N) is 1. The largest absolute Gasteiger partial charge is 0.310 e. The standard InChI is InChI=1S/C53H39N/c1-53(2)49-27-14-13-26-47(49)51-48(35-40-20-9-10-23-43(40)52(51)53)45-32-33-50(46-25-12-11-24-44(45)46)54(41-30-28-38(29-31-41)36-16-5-3-6-17-36)42-22-15-21-39(34-42)37-18-7-4-8-19-37/h3-35H,1-2H3. The van der Waals surface area contributed by atoms with E-state index in [1.807, 2.05) is 0 Å². The molecule has 0 saturated carbocycles. The average Bonchev–Trinajstić information content (AvgIpc) is 3.48. The van der Waals surface area contributed by atoms with Gasteiger partial charge in [-0.25, -0.2) is 0 Å². The van der Waals surface area contributed by atoms with Gasteiger partial charge in [-0.1, -0.05) is 178 Å². The fourth-order valence-corrected chi connectivity index (χ4v) is 8.90. The summed E-state index contributed by atoms with van der Waals surface area (Å²) in [6, 6.07) is 73.2. The zero-order valence-corrected chi connectivity index (χ0v) is 30.5. The molecule has 9 aromatic carbocycles. The highest BCUT2D eigenvalue weighted by atomic mass is 15.1. The van der Waals surface area contributed by atoms with Gasteiger partial charge in [0, 0.05) is 22.2 Å². The number of hydrogen-bond donors (Lipinski definition) is 0. The van der Waals surface area contributed by atoms with Gasteiger partial charge < -0.3 is 4.90 Å². The maximum Gasteiger partial charge on any atom is 0.0540 e. The van der Waals surface area contributed by atoms with Crippen molar-refractivity contribution in [3.8, 4) is 44.5 Å². The zero-order valence-electron chi connectivity index (χ0n) is 30.5. The Bertz CT molecular complexity index is 2830. The lowest BCUT2D eigenvalue weighted by Crippen LogP contribution is -2.15. The van der Waals surface area contributed by atoms with Gasteiger partial charge in [-0.2, -0.15) is 0 Å². The molecular weight excluding hydrogens is 651 g/mol. The van der Waals surface area contributed by atoms with Crippen molar-refractivity contribution in [2.75, 3.05) is 4.90 Å². The highest BCUT2D eigenvalue weighted by Gasteiger charge is 2.38. The molecule has 0 fully saturated rings. The van der Waals surface area contributed by atoms with Gasteiger partial charge in [-0.15, -0.1) is 0 Å². The summed E-state index contributed by atoms with van der Waals surface area (Å²) in [4.78, 5) is 2.43. The van der Waals surface area contributed by atoms with Gasteiger partial charge in [0.2, 0.25) is 0 Å². The Morgan fingerprint density at radius 3 is 1.72 bits per heavy atom. The second-order valence-corrected chi connectivity index (χ2v) is 14.9. The minimum atomic E-state index is -0.121. The van der Waals surface area contributed by atoms with E-state index in [0.29, 0.717) is 0 Å². The normalized spacial score (nSPS) is 12.8. The van der Waals surface area contributed by atoms with E-state index in [2.05, 4.69) is 219 Å². The van der Waals surface area contributed by atoms with Crippen LogP contribution in [-0.4, -0.2) is 0 Å². The number of benzene rings is 9. The average molecular weight is 690 g/mol. The Kier molecular flexibility index (Phi) is 7.56. The van der Waals surface area contributed by atoms with Crippen LogP contribution in [0.25, 0.3) is 66.1 Å². The van der Waals surface area contributed by atoms with E-state index in [4.69, 9.17) is 0 Å². The van der Waals surface area contributed by atoms with Crippen molar-refractivity contribution < 1.29 is 0 Å². The first-order valence-corrected chi connectivity index (χ1v) is 18.9. The van der Waals surface area contributed by atoms with Crippen molar-refractivity contribution in [1.82, 2.24) is 0 Å². The second-order valence-electron chi connectivity index (χ2n) is 14.9. The number of hydrogen-bond acceptors (Lipinski definition) is 1. The monoisotopic (exact) mass is 689 g/mol. The fraction of sp³-hybridized carbons (Fsp3) is 0.0566. The van der Waals surface area contributed by atoms with Gasteiger partial charge in [0.1, 0.15) is 0 Å². The smallest absolute Gasteiger partial charge is 0.0540 e. The van der Waals surface area contributed by atoms with Gasteiger partial charge in [0.15, 0.2) is 0 Å². The van der Waals surface area contributed by atoms with Crippen molar-refractivity contribution in [2.45, 2.75) is 19.3 Å². The van der Waals surface area contributed by atoms with Crippen molar-refractivity contribution in [1.29, 1.82) is 0 Å². The van der Waals surface area contributed by atoms with Gasteiger partial charge in [-0.3, -0.25) is 0 Å². The minimum Gasteiger partial charge on any atom is -0.310 e. The SMILES string of the molecule is CC1(C)c2ccccc2-c2c(-c3ccc(N(c4ccc(-c5ccccc5)cc4)c4cccc(-c5ccccc5)c4)c4ccccc34)cc3ccccc3c21. The summed E-state index contributed by atoms with van der Waals surface area (Å²) in [7, 11) is 0. The molecule has 1 aliphatic rings. The van der Waals surface area contributed by atoms with Crippen LogP contribution in [0.15, 0.2) is 200 Å². The maximum absolute atomic E-state index is 2.43. The Labute approximate surface area is 317 Å². The van der Waals surface area contributed by atoms with E-state index in [0.717, 1.165) is 17.1 Å². The van der Waals surface area contributed by atoms with E-state index in [1.54, 1.807) is 0 Å². The van der Waals surface area contributed by atoms with Crippen LogP contribution in [0.1, 0.15) is 25.0 Å². The third-order valence-electron chi connectivity index (χ3n) is 11.4. The Morgan fingerprint density at radius 1 is 0.370 bits per heavy atom. The van der Waals surface area contributed by atoms with Crippen LogP contribution in [0.2, 0.25) is 0 Å². The Balaban J connectivity index is 1.21. The molecule has 0 radical (unpaired) electrons. The molecule has 1 heteroatoms. The summed E-state index contributed by atoms with van der Waals surface area (Å²) >= 11 is 0. The molecule has 1 nitrogen and oxygen atoms in total. The third kappa shape index (κ3) is 5.16. The molecule has 0 aliphatic heterocycles. The van der Waals surface area contributed by atoms with E-state index < -0.39 is 0 Å². The highest BCUT2D eigenvalue weighted by molar-refractivity contribution is 6.12. The van der Waals surface area contributed by atoms with E-state index in [9.17, 15) is 0 Å². The first-order valence-electron chi connectivity index (χ1n) is 18.9. The summed E-state index contributed by atoms with van der Waals surface area (Å²) < 4.78 is 0. The molecule has 0 unspecified atom stereocenters. The molecule has 0 bridgehead atoms. The van der Waals surface area contributed by atoms with E-state index >= 15 is 0 Å². The fourth-order valence-electron chi connectivity index (χ4n) is 8.90. The lowest BCUT2D eigenvalue weighted by atomic mass is 9.79. The van der Waals surface area contributed by atoms with Gasteiger partial charge in [0.25, 0.3) is 0 Å². The molecule has 0 N–H and O–H groups in total. The molecule has 0 saturated heterocycles. The van der Waals surface area contributed by atoms with Crippen LogP contribution in [0.4, 0.5) is 17.1 Å². The molecular formula is C53H39N. The molecule has 256 valence electrons. The van der Waals surface area contributed by atoms with Crippen LogP contribution in [0, 0.1) is 0 Å². The second kappa shape index (κ2) is 12.8. The Morgan fingerprint density at radius 2 is 0.963 bits per heavy atom. The molecule has 0 spiro atoms. The van der Waals surface area contributed by atoms with E-state index in [-0.39, 0.29) is 5.41 Å². The van der Waals surface area contributed by atoms with Crippen LogP contribution < -0.4 is 4.90 Å². The van der Waals surface area contributed by atoms with Crippen molar-refractivity contribution in [3.05, 3.63) is 211 Å². The quantitative estimate of drug-likeness (QED) is 0.168. The third-order valence-corrected chi connectivity index (χ3v) is 11.4. The molecule has 0 amide bonds. The first-order chi connectivity index (χ1) is 26.6. The highest BCUT2D eigenvalue weighted by Crippen LogP contribution is 2.56. The van der Waals surface area contributed by atoms with Crippen LogP contribution in [-0.2, 0) is 5.41 Å². The van der Waals surface area contributed by atoms with E-state index in [1.165, 1.54) is 77.2 Å². The minimum absolute atomic E-state index is 0.121. The summed E-state index contributed by atoms with van der Waals surface area (Å²) in [6.07, 6.45) is 0. The lowest BCUT2D eigenvalue weighted by Gasteiger charge is -2.28. The topological polar surface area (TPSA) is 3.24 Å². The molecule has 0 atom stereocenters. The summed E-state index contributed by atoms with van der Waals surface area (Å²) in [5, 5.41) is 5.06. The number of anilines is 3. The lowest BCUT2D eigenvalue weighted by molar-refractivity contribution is 0.666. The molecule has 0 heterocycles. The summed E-state index contributed by atoms with van der Waals surface area (Å²) in [6.45, 7) is 4.78. The van der Waals surface area contributed by atoms with Crippen molar-refractivity contribution in [3.63, 3.8) is 0 Å². The van der Waals surface area contributed by atoms with Gasteiger partial charge in [-0.05, 0) is 108 Å². The zero-order chi connectivity index (χ0) is 36.2. The predicted octanol–water partition coefficient (Wildman–Crippen LogP) is 14.8.